The zero-order valence-corrected chi connectivity index (χ0v) is 17.3. The summed E-state index contributed by atoms with van der Waals surface area (Å²) in [6.07, 6.45) is 3.04. The first kappa shape index (κ1) is 19.8. The van der Waals surface area contributed by atoms with Gasteiger partial charge in [0.25, 0.3) is 5.91 Å². The second-order valence-electron chi connectivity index (χ2n) is 8.00. The van der Waals surface area contributed by atoms with Gasteiger partial charge in [-0.25, -0.2) is 9.97 Å². The Bertz CT molecular complexity index is 883. The number of anilines is 2. The molecule has 1 spiro atoms. The molecule has 1 aromatic carbocycles. The van der Waals surface area contributed by atoms with Crippen LogP contribution in [0.15, 0.2) is 30.6 Å². The lowest BCUT2D eigenvalue weighted by Crippen LogP contribution is -2.45. The standard InChI is InChI=1S/C22H28N4O3/c1-15(2)17-6-4-5-16(3)20(17)25-21(27)18-13-19(24-14-23-18)26-9-7-22(8-10-26)28-11-12-29-22/h4-6,13-15H,7-12H2,1-3H3,(H,25,27). The Kier molecular flexibility index (Phi) is 5.52. The Morgan fingerprint density at radius 1 is 1.17 bits per heavy atom. The van der Waals surface area contributed by atoms with E-state index in [-0.39, 0.29) is 5.91 Å². The smallest absolute Gasteiger partial charge is 0.274 e. The van der Waals surface area contributed by atoms with E-state index in [2.05, 4.69) is 40.1 Å². The molecule has 3 heterocycles. The van der Waals surface area contributed by atoms with Crippen molar-refractivity contribution in [3.8, 4) is 0 Å². The molecule has 1 N–H and O–H groups in total. The van der Waals surface area contributed by atoms with Gasteiger partial charge in [0.15, 0.2) is 5.79 Å². The van der Waals surface area contributed by atoms with Crippen LogP contribution in [0, 0.1) is 6.92 Å². The van der Waals surface area contributed by atoms with Gasteiger partial charge < -0.3 is 19.7 Å². The predicted molar refractivity (Wildman–Crippen MR) is 111 cm³/mol. The Morgan fingerprint density at radius 3 is 2.59 bits per heavy atom. The number of benzene rings is 1. The molecule has 4 rings (SSSR count). The van der Waals surface area contributed by atoms with E-state index in [1.165, 1.54) is 6.33 Å². The third-order valence-corrected chi connectivity index (χ3v) is 5.71. The van der Waals surface area contributed by atoms with Gasteiger partial charge in [-0.1, -0.05) is 32.0 Å². The maximum Gasteiger partial charge on any atom is 0.274 e. The first-order valence-corrected chi connectivity index (χ1v) is 10.2. The fourth-order valence-electron chi connectivity index (χ4n) is 4.03. The Labute approximate surface area is 171 Å². The monoisotopic (exact) mass is 396 g/mol. The highest BCUT2D eigenvalue weighted by Crippen LogP contribution is 2.33. The fourth-order valence-corrected chi connectivity index (χ4v) is 4.03. The van der Waals surface area contributed by atoms with E-state index < -0.39 is 5.79 Å². The van der Waals surface area contributed by atoms with Crippen molar-refractivity contribution in [1.29, 1.82) is 0 Å². The second kappa shape index (κ2) is 8.08. The van der Waals surface area contributed by atoms with Crippen molar-refractivity contribution in [3.63, 3.8) is 0 Å². The number of carbonyl (C=O) groups is 1. The number of carbonyl (C=O) groups excluding carboxylic acids is 1. The number of para-hydroxylation sites is 1. The topological polar surface area (TPSA) is 76.6 Å². The van der Waals surface area contributed by atoms with Gasteiger partial charge in [0.2, 0.25) is 0 Å². The molecule has 0 saturated carbocycles. The van der Waals surface area contributed by atoms with E-state index in [4.69, 9.17) is 9.47 Å². The maximum atomic E-state index is 12.9. The lowest BCUT2D eigenvalue weighted by Gasteiger charge is -2.38. The zero-order valence-electron chi connectivity index (χ0n) is 17.3. The summed E-state index contributed by atoms with van der Waals surface area (Å²) < 4.78 is 11.6. The molecular formula is C22H28N4O3. The van der Waals surface area contributed by atoms with E-state index in [0.29, 0.717) is 24.8 Å². The summed E-state index contributed by atoms with van der Waals surface area (Å²) in [7, 11) is 0. The molecule has 2 aromatic rings. The van der Waals surface area contributed by atoms with Crippen molar-refractivity contribution in [2.75, 3.05) is 36.5 Å². The van der Waals surface area contributed by atoms with Gasteiger partial charge in [-0.3, -0.25) is 4.79 Å². The van der Waals surface area contributed by atoms with Crippen LogP contribution in [0.4, 0.5) is 11.5 Å². The van der Waals surface area contributed by atoms with Crippen molar-refractivity contribution in [2.45, 2.75) is 45.3 Å². The number of hydrogen-bond donors (Lipinski definition) is 1. The lowest BCUT2D eigenvalue weighted by atomic mass is 9.98. The third kappa shape index (κ3) is 4.11. The molecule has 0 unspecified atom stereocenters. The molecule has 2 aliphatic heterocycles. The van der Waals surface area contributed by atoms with Crippen LogP contribution in [0.2, 0.25) is 0 Å². The highest BCUT2D eigenvalue weighted by molar-refractivity contribution is 6.04. The van der Waals surface area contributed by atoms with Crippen LogP contribution in [-0.2, 0) is 9.47 Å². The molecule has 0 atom stereocenters. The van der Waals surface area contributed by atoms with Crippen LogP contribution >= 0.6 is 0 Å². The minimum absolute atomic E-state index is 0.221. The van der Waals surface area contributed by atoms with Crippen LogP contribution in [-0.4, -0.2) is 48.0 Å². The number of piperidine rings is 1. The van der Waals surface area contributed by atoms with Crippen molar-refractivity contribution in [3.05, 3.63) is 47.4 Å². The number of amides is 1. The first-order valence-electron chi connectivity index (χ1n) is 10.2. The van der Waals surface area contributed by atoms with Crippen molar-refractivity contribution in [2.24, 2.45) is 0 Å². The molecule has 2 aliphatic rings. The van der Waals surface area contributed by atoms with E-state index in [0.717, 1.165) is 48.6 Å². The van der Waals surface area contributed by atoms with Gasteiger partial charge in [0.05, 0.1) is 13.2 Å². The highest BCUT2D eigenvalue weighted by Gasteiger charge is 2.40. The fraction of sp³-hybridized carbons (Fsp3) is 0.500. The summed E-state index contributed by atoms with van der Waals surface area (Å²) in [5.41, 5.74) is 3.38. The average Bonchev–Trinajstić information content (AvgIpc) is 3.18. The summed E-state index contributed by atoms with van der Waals surface area (Å²) in [4.78, 5) is 23.7. The van der Waals surface area contributed by atoms with E-state index in [9.17, 15) is 4.79 Å². The average molecular weight is 396 g/mol. The number of nitrogens with zero attached hydrogens (tertiary/aromatic N) is 3. The number of aryl methyl sites for hydroxylation is 1. The first-order chi connectivity index (χ1) is 14.0. The Hall–Kier alpha value is -2.51. The molecule has 29 heavy (non-hydrogen) atoms. The molecule has 7 nitrogen and oxygen atoms in total. The van der Waals surface area contributed by atoms with Crippen molar-refractivity contribution in [1.82, 2.24) is 9.97 Å². The molecule has 7 heteroatoms. The molecule has 0 aliphatic carbocycles. The van der Waals surface area contributed by atoms with Crippen LogP contribution < -0.4 is 10.2 Å². The predicted octanol–water partition coefficient (Wildman–Crippen LogP) is 3.50. The molecule has 2 saturated heterocycles. The number of ether oxygens (including phenoxy) is 2. The quantitative estimate of drug-likeness (QED) is 0.852. The number of nitrogens with one attached hydrogen (secondary N) is 1. The van der Waals surface area contributed by atoms with Crippen molar-refractivity contribution < 1.29 is 14.3 Å². The largest absolute Gasteiger partial charge is 0.356 e. The molecule has 1 aromatic heterocycles. The van der Waals surface area contributed by atoms with Gasteiger partial charge >= 0.3 is 0 Å². The Morgan fingerprint density at radius 2 is 1.90 bits per heavy atom. The summed E-state index contributed by atoms with van der Waals surface area (Å²) in [6.45, 7) is 9.11. The number of hydrogen-bond acceptors (Lipinski definition) is 6. The van der Waals surface area contributed by atoms with Gasteiger partial charge in [0.1, 0.15) is 17.8 Å². The van der Waals surface area contributed by atoms with Crippen LogP contribution in [0.5, 0.6) is 0 Å². The summed E-state index contributed by atoms with van der Waals surface area (Å²) in [6, 6.07) is 7.83. The van der Waals surface area contributed by atoms with E-state index in [1.54, 1.807) is 6.07 Å². The summed E-state index contributed by atoms with van der Waals surface area (Å²) >= 11 is 0. The molecule has 0 radical (unpaired) electrons. The molecule has 2 fully saturated rings. The van der Waals surface area contributed by atoms with Gasteiger partial charge in [0, 0.05) is 37.7 Å². The SMILES string of the molecule is Cc1cccc(C(C)C)c1NC(=O)c1cc(N2CCC3(CC2)OCCO3)ncn1. The van der Waals surface area contributed by atoms with Gasteiger partial charge in [-0.05, 0) is 24.0 Å². The van der Waals surface area contributed by atoms with Crippen LogP contribution in [0.3, 0.4) is 0 Å². The van der Waals surface area contributed by atoms with Crippen LogP contribution in [0.25, 0.3) is 0 Å². The lowest BCUT2D eigenvalue weighted by molar-refractivity contribution is -0.169. The van der Waals surface area contributed by atoms with Gasteiger partial charge in [-0.2, -0.15) is 0 Å². The molecule has 0 bridgehead atoms. The van der Waals surface area contributed by atoms with Gasteiger partial charge in [-0.15, -0.1) is 0 Å². The van der Waals surface area contributed by atoms with Crippen LogP contribution in [0.1, 0.15) is 54.2 Å². The molecule has 1 amide bonds. The molecular weight excluding hydrogens is 368 g/mol. The van der Waals surface area contributed by atoms with E-state index >= 15 is 0 Å². The zero-order chi connectivity index (χ0) is 20.4. The minimum atomic E-state index is -0.429. The highest BCUT2D eigenvalue weighted by atomic mass is 16.7. The summed E-state index contributed by atoms with van der Waals surface area (Å²) in [5, 5.41) is 3.06. The number of rotatable bonds is 4. The van der Waals surface area contributed by atoms with Crippen molar-refractivity contribution >= 4 is 17.4 Å². The minimum Gasteiger partial charge on any atom is -0.356 e. The second-order valence-corrected chi connectivity index (χ2v) is 8.00. The Balaban J connectivity index is 1.49. The summed E-state index contributed by atoms with van der Waals surface area (Å²) in [5.74, 6) is 0.418. The molecule has 154 valence electrons. The third-order valence-electron chi connectivity index (χ3n) is 5.71. The normalized spacial score (nSPS) is 18.4. The maximum absolute atomic E-state index is 12.9. The number of aromatic nitrogens is 2. The van der Waals surface area contributed by atoms with E-state index in [1.807, 2.05) is 19.1 Å².